The summed E-state index contributed by atoms with van der Waals surface area (Å²) in [5.41, 5.74) is 1.27. The average molecular weight is 260 g/mol. The molecule has 5 heteroatoms. The first-order valence-corrected chi connectivity index (χ1v) is 6.77. The Hall–Kier alpha value is -1.62. The Morgan fingerprint density at radius 3 is 2.95 bits per heavy atom. The SMILES string of the molecule is Cc1cc2c(N3CCC[C@H]3C(C)(C)O)nccn2n1. The molecule has 0 radical (unpaired) electrons. The van der Waals surface area contributed by atoms with Crippen molar-refractivity contribution >= 4 is 11.3 Å². The van der Waals surface area contributed by atoms with E-state index in [1.807, 2.05) is 37.5 Å². The van der Waals surface area contributed by atoms with Crippen molar-refractivity contribution in [3.05, 3.63) is 24.2 Å². The van der Waals surface area contributed by atoms with Crippen molar-refractivity contribution in [3.63, 3.8) is 0 Å². The molecule has 0 aromatic carbocycles. The Bertz CT molecular complexity index is 599. The topological polar surface area (TPSA) is 53.7 Å². The normalized spacial score (nSPS) is 20.4. The molecule has 5 nitrogen and oxygen atoms in total. The van der Waals surface area contributed by atoms with Crippen LogP contribution in [-0.2, 0) is 0 Å². The number of aliphatic hydroxyl groups is 1. The van der Waals surface area contributed by atoms with Gasteiger partial charge in [0.25, 0.3) is 0 Å². The van der Waals surface area contributed by atoms with E-state index in [1.165, 1.54) is 0 Å². The molecule has 0 amide bonds. The highest BCUT2D eigenvalue weighted by molar-refractivity contribution is 5.70. The first-order valence-electron chi connectivity index (χ1n) is 6.77. The number of aryl methyl sites for hydroxylation is 1. The molecule has 19 heavy (non-hydrogen) atoms. The zero-order valence-electron chi connectivity index (χ0n) is 11.7. The molecule has 102 valence electrons. The van der Waals surface area contributed by atoms with Gasteiger partial charge >= 0.3 is 0 Å². The van der Waals surface area contributed by atoms with Crippen molar-refractivity contribution in [2.24, 2.45) is 0 Å². The van der Waals surface area contributed by atoms with Gasteiger partial charge in [-0.1, -0.05) is 0 Å². The lowest BCUT2D eigenvalue weighted by molar-refractivity contribution is 0.0533. The Morgan fingerprint density at radius 1 is 1.42 bits per heavy atom. The van der Waals surface area contributed by atoms with Crippen LogP contribution in [0.5, 0.6) is 0 Å². The van der Waals surface area contributed by atoms with Crippen LogP contribution in [0.15, 0.2) is 18.5 Å². The van der Waals surface area contributed by atoms with Gasteiger partial charge in [0.1, 0.15) is 5.52 Å². The van der Waals surface area contributed by atoms with Crippen molar-refractivity contribution < 1.29 is 5.11 Å². The fraction of sp³-hybridized carbons (Fsp3) is 0.571. The average Bonchev–Trinajstić information content (AvgIpc) is 2.91. The fourth-order valence-electron chi connectivity index (χ4n) is 3.01. The summed E-state index contributed by atoms with van der Waals surface area (Å²) in [6.45, 7) is 6.66. The van der Waals surface area contributed by atoms with Crippen LogP contribution in [0.3, 0.4) is 0 Å². The summed E-state index contributed by atoms with van der Waals surface area (Å²) >= 11 is 0. The van der Waals surface area contributed by atoms with Crippen molar-refractivity contribution in [2.45, 2.75) is 45.3 Å². The van der Waals surface area contributed by atoms with E-state index in [0.29, 0.717) is 0 Å². The second-order valence-electron chi connectivity index (χ2n) is 5.87. The molecular weight excluding hydrogens is 240 g/mol. The fourth-order valence-corrected chi connectivity index (χ4v) is 3.01. The largest absolute Gasteiger partial charge is 0.388 e. The predicted octanol–water partition coefficient (Wildman–Crippen LogP) is 1.78. The molecular formula is C14H20N4O. The molecule has 1 aliphatic heterocycles. The zero-order valence-corrected chi connectivity index (χ0v) is 11.7. The summed E-state index contributed by atoms with van der Waals surface area (Å²) in [6.07, 6.45) is 5.72. The first-order chi connectivity index (χ1) is 8.97. The van der Waals surface area contributed by atoms with E-state index < -0.39 is 5.60 Å². The van der Waals surface area contributed by atoms with E-state index in [2.05, 4.69) is 15.0 Å². The maximum Gasteiger partial charge on any atom is 0.155 e. The van der Waals surface area contributed by atoms with E-state index in [-0.39, 0.29) is 6.04 Å². The van der Waals surface area contributed by atoms with Gasteiger partial charge in [-0.25, -0.2) is 9.50 Å². The van der Waals surface area contributed by atoms with E-state index >= 15 is 0 Å². The molecule has 3 rings (SSSR count). The molecule has 0 aliphatic carbocycles. The van der Waals surface area contributed by atoms with E-state index in [0.717, 1.165) is 36.4 Å². The number of anilines is 1. The molecule has 1 saturated heterocycles. The number of aromatic nitrogens is 3. The maximum atomic E-state index is 10.3. The maximum absolute atomic E-state index is 10.3. The van der Waals surface area contributed by atoms with Gasteiger partial charge in [-0.15, -0.1) is 0 Å². The monoisotopic (exact) mass is 260 g/mol. The van der Waals surface area contributed by atoms with Crippen LogP contribution < -0.4 is 4.90 Å². The quantitative estimate of drug-likeness (QED) is 0.894. The molecule has 1 atom stereocenters. The second kappa shape index (κ2) is 4.20. The molecule has 1 N–H and O–H groups in total. The van der Waals surface area contributed by atoms with Crippen LogP contribution in [0.2, 0.25) is 0 Å². The third kappa shape index (κ3) is 2.08. The third-order valence-corrected chi connectivity index (χ3v) is 3.83. The van der Waals surface area contributed by atoms with Crippen LogP contribution >= 0.6 is 0 Å². The molecule has 1 aliphatic rings. The van der Waals surface area contributed by atoms with Gasteiger partial charge in [-0.3, -0.25) is 0 Å². The Kier molecular flexibility index (Phi) is 2.74. The molecule has 0 saturated carbocycles. The van der Waals surface area contributed by atoms with Gasteiger partial charge < -0.3 is 10.0 Å². The zero-order chi connectivity index (χ0) is 13.6. The van der Waals surface area contributed by atoms with E-state index in [1.54, 1.807) is 6.20 Å². The van der Waals surface area contributed by atoms with Gasteiger partial charge in [0.05, 0.1) is 17.3 Å². The summed E-state index contributed by atoms with van der Waals surface area (Å²) in [5, 5.41) is 14.8. The van der Waals surface area contributed by atoms with Crippen LogP contribution in [0, 0.1) is 6.92 Å². The molecule has 3 heterocycles. The van der Waals surface area contributed by atoms with Gasteiger partial charge in [0, 0.05) is 18.9 Å². The molecule has 2 aromatic rings. The lowest BCUT2D eigenvalue weighted by Gasteiger charge is -2.34. The summed E-state index contributed by atoms with van der Waals surface area (Å²) in [6, 6.07) is 2.16. The minimum Gasteiger partial charge on any atom is -0.388 e. The van der Waals surface area contributed by atoms with Gasteiger partial charge in [-0.2, -0.15) is 5.10 Å². The highest BCUT2D eigenvalue weighted by atomic mass is 16.3. The highest BCUT2D eigenvalue weighted by Gasteiger charge is 2.37. The predicted molar refractivity (Wildman–Crippen MR) is 74.4 cm³/mol. The van der Waals surface area contributed by atoms with Gasteiger partial charge in [0.15, 0.2) is 5.82 Å². The minimum atomic E-state index is -0.722. The Morgan fingerprint density at radius 2 is 2.21 bits per heavy atom. The van der Waals surface area contributed by atoms with Crippen molar-refractivity contribution in [1.29, 1.82) is 0 Å². The van der Waals surface area contributed by atoms with Crippen LogP contribution in [0.4, 0.5) is 5.82 Å². The smallest absolute Gasteiger partial charge is 0.155 e. The molecule has 0 bridgehead atoms. The van der Waals surface area contributed by atoms with Crippen LogP contribution in [-0.4, -0.2) is 37.9 Å². The Balaban J connectivity index is 2.08. The second-order valence-corrected chi connectivity index (χ2v) is 5.87. The standard InChI is InChI=1S/C14H20N4O/c1-10-9-11-13(15-6-8-18(11)16-10)17-7-4-5-12(17)14(2,3)19/h6,8-9,12,19H,4-5,7H2,1-3H3/t12-/m0/s1. The number of fused-ring (bicyclic) bond motifs is 1. The van der Waals surface area contributed by atoms with Crippen molar-refractivity contribution in [1.82, 2.24) is 14.6 Å². The molecule has 0 spiro atoms. The lowest BCUT2D eigenvalue weighted by atomic mass is 9.96. The summed E-state index contributed by atoms with van der Waals surface area (Å²) in [7, 11) is 0. The Labute approximate surface area is 112 Å². The first kappa shape index (κ1) is 12.4. The van der Waals surface area contributed by atoms with Crippen LogP contribution in [0.25, 0.3) is 5.52 Å². The summed E-state index contributed by atoms with van der Waals surface area (Å²) < 4.78 is 1.86. The number of hydrogen-bond donors (Lipinski definition) is 1. The molecule has 2 aromatic heterocycles. The van der Waals surface area contributed by atoms with Crippen LogP contribution in [0.1, 0.15) is 32.4 Å². The highest BCUT2D eigenvalue weighted by Crippen LogP contribution is 2.32. The van der Waals surface area contributed by atoms with Crippen molar-refractivity contribution in [2.75, 3.05) is 11.4 Å². The van der Waals surface area contributed by atoms with Crippen molar-refractivity contribution in [3.8, 4) is 0 Å². The number of hydrogen-bond acceptors (Lipinski definition) is 4. The van der Waals surface area contributed by atoms with Gasteiger partial charge in [0.2, 0.25) is 0 Å². The number of nitrogens with zero attached hydrogens (tertiary/aromatic N) is 4. The minimum absolute atomic E-state index is 0.112. The lowest BCUT2D eigenvalue weighted by Crippen LogP contribution is -2.46. The summed E-state index contributed by atoms with van der Waals surface area (Å²) in [5.74, 6) is 0.924. The number of rotatable bonds is 2. The van der Waals surface area contributed by atoms with E-state index in [9.17, 15) is 5.11 Å². The summed E-state index contributed by atoms with van der Waals surface area (Å²) in [4.78, 5) is 6.74. The molecule has 1 fully saturated rings. The third-order valence-electron chi connectivity index (χ3n) is 3.83. The van der Waals surface area contributed by atoms with Gasteiger partial charge in [-0.05, 0) is 39.7 Å². The molecule has 0 unspecified atom stereocenters. The van der Waals surface area contributed by atoms with E-state index in [4.69, 9.17) is 0 Å².